The van der Waals surface area contributed by atoms with E-state index in [1.165, 1.54) is 33.1 Å². The van der Waals surface area contributed by atoms with Crippen molar-refractivity contribution in [1.82, 2.24) is 4.98 Å². The maximum absolute atomic E-state index is 5.03. The molecule has 2 heteroatoms. The number of allylic oxidation sites excluding steroid dienone is 3. The van der Waals surface area contributed by atoms with Gasteiger partial charge in [0.1, 0.15) is 0 Å². The lowest BCUT2D eigenvalue weighted by atomic mass is 9.59. The van der Waals surface area contributed by atoms with E-state index in [4.69, 9.17) is 4.98 Å². The highest BCUT2D eigenvalue weighted by Gasteiger charge is 2.45. The first-order chi connectivity index (χ1) is 12.0. The van der Waals surface area contributed by atoms with Gasteiger partial charge in [-0.25, -0.2) is 4.98 Å². The minimum absolute atomic E-state index is 0.269. The molecule has 1 nitrogen and oxygen atoms in total. The van der Waals surface area contributed by atoms with Gasteiger partial charge in [0.05, 0.1) is 15.6 Å². The fourth-order valence-electron chi connectivity index (χ4n) is 4.50. The van der Waals surface area contributed by atoms with E-state index >= 15 is 0 Å². The van der Waals surface area contributed by atoms with E-state index in [2.05, 4.69) is 63.8 Å². The van der Waals surface area contributed by atoms with E-state index in [1.54, 1.807) is 5.57 Å². The molecule has 0 unspecified atom stereocenters. The zero-order valence-corrected chi connectivity index (χ0v) is 16.3. The van der Waals surface area contributed by atoms with E-state index in [-0.39, 0.29) is 5.41 Å². The summed E-state index contributed by atoms with van der Waals surface area (Å²) in [4.78, 5) is 6.50. The molecule has 1 aromatic heterocycles. The molecule has 2 aliphatic carbocycles. The molecule has 0 saturated heterocycles. The van der Waals surface area contributed by atoms with Gasteiger partial charge in [-0.3, -0.25) is 0 Å². The Labute approximate surface area is 155 Å². The summed E-state index contributed by atoms with van der Waals surface area (Å²) in [6.07, 6.45) is 6.93. The molecule has 0 fully saturated rings. The monoisotopic (exact) mass is 349 g/mol. The fourth-order valence-corrected chi connectivity index (χ4v) is 5.81. The number of hydrogen-bond acceptors (Lipinski definition) is 2. The minimum atomic E-state index is 0.269. The van der Waals surface area contributed by atoms with Crippen LogP contribution >= 0.6 is 11.3 Å². The van der Waals surface area contributed by atoms with Crippen LogP contribution in [-0.2, 0) is 12.8 Å². The Kier molecular flexibility index (Phi) is 4.19. The highest BCUT2D eigenvalue weighted by Crippen LogP contribution is 2.56. The first kappa shape index (κ1) is 16.8. The van der Waals surface area contributed by atoms with Crippen molar-refractivity contribution in [3.8, 4) is 0 Å². The smallest absolute Gasteiger partial charge is 0.0978 e. The highest BCUT2D eigenvalue weighted by molar-refractivity contribution is 7.13. The van der Waals surface area contributed by atoms with Crippen LogP contribution in [0.5, 0.6) is 0 Å². The van der Waals surface area contributed by atoms with Gasteiger partial charge in [0.15, 0.2) is 0 Å². The number of rotatable bonds is 3. The average Bonchev–Trinajstić information content (AvgIpc) is 2.97. The fraction of sp³-hybridized carbons (Fsp3) is 0.435. The minimum Gasteiger partial charge on any atom is -0.245 e. The van der Waals surface area contributed by atoms with Gasteiger partial charge in [0.25, 0.3) is 0 Å². The van der Waals surface area contributed by atoms with Crippen molar-refractivity contribution in [2.24, 2.45) is 17.3 Å². The number of fused-ring (bicyclic) bond motifs is 3. The zero-order chi connectivity index (χ0) is 17.6. The molecule has 3 atom stereocenters. The van der Waals surface area contributed by atoms with Crippen molar-refractivity contribution in [3.05, 3.63) is 69.7 Å². The van der Waals surface area contributed by atoms with Gasteiger partial charge < -0.3 is 0 Å². The molecule has 2 aliphatic rings. The lowest BCUT2D eigenvalue weighted by Gasteiger charge is -2.46. The molecule has 2 aromatic rings. The van der Waals surface area contributed by atoms with Crippen molar-refractivity contribution in [2.45, 2.75) is 46.5 Å². The van der Waals surface area contributed by atoms with E-state index < -0.39 is 0 Å². The topological polar surface area (TPSA) is 12.9 Å². The molecule has 1 heterocycles. The van der Waals surface area contributed by atoms with Gasteiger partial charge in [0.2, 0.25) is 0 Å². The molecule has 25 heavy (non-hydrogen) atoms. The predicted octanol–water partition coefficient (Wildman–Crippen LogP) is 6.30. The standard InChI is InChI=1S/C23H27NS/c1-15(2)18-10-11-19-22-20(12-16(3)23(19,4)14-18)24-21(25-22)13-17-8-6-5-7-9-17/h5-9,11,16,18H,1,10,12-14H2,2-4H3/t16-,18-,23+/m1/s1. The van der Waals surface area contributed by atoms with Crippen LogP contribution in [0, 0.1) is 17.3 Å². The Balaban J connectivity index is 1.70. The van der Waals surface area contributed by atoms with Crippen molar-refractivity contribution < 1.29 is 0 Å². The lowest BCUT2D eigenvalue weighted by Crippen LogP contribution is -2.36. The molecule has 0 radical (unpaired) electrons. The van der Waals surface area contributed by atoms with Crippen LogP contribution in [0.4, 0.5) is 0 Å². The second-order valence-corrected chi connectivity index (χ2v) is 9.25. The third kappa shape index (κ3) is 2.91. The Morgan fingerprint density at radius 2 is 2.08 bits per heavy atom. The predicted molar refractivity (Wildman–Crippen MR) is 108 cm³/mol. The number of aromatic nitrogens is 1. The molecule has 0 saturated carbocycles. The van der Waals surface area contributed by atoms with Gasteiger partial charge in [0, 0.05) is 6.42 Å². The summed E-state index contributed by atoms with van der Waals surface area (Å²) < 4.78 is 0. The molecule has 0 N–H and O–H groups in total. The first-order valence-corrected chi connectivity index (χ1v) is 10.2. The van der Waals surface area contributed by atoms with Crippen molar-refractivity contribution in [3.63, 3.8) is 0 Å². The average molecular weight is 350 g/mol. The molecule has 0 bridgehead atoms. The Morgan fingerprint density at radius 1 is 1.32 bits per heavy atom. The van der Waals surface area contributed by atoms with Crippen molar-refractivity contribution in [1.29, 1.82) is 0 Å². The Hall–Kier alpha value is -1.67. The second-order valence-electron chi connectivity index (χ2n) is 8.17. The zero-order valence-electron chi connectivity index (χ0n) is 15.5. The third-order valence-electron chi connectivity index (χ3n) is 6.36. The highest BCUT2D eigenvalue weighted by atomic mass is 32.1. The van der Waals surface area contributed by atoms with Crippen molar-refractivity contribution in [2.75, 3.05) is 0 Å². The Bertz CT molecular complexity index is 829. The van der Waals surface area contributed by atoms with Gasteiger partial charge >= 0.3 is 0 Å². The van der Waals surface area contributed by atoms with E-state index in [1.807, 2.05) is 11.3 Å². The van der Waals surface area contributed by atoms with Crippen LogP contribution in [0.1, 0.15) is 54.8 Å². The van der Waals surface area contributed by atoms with Gasteiger partial charge in [-0.2, -0.15) is 0 Å². The van der Waals surface area contributed by atoms with Crippen LogP contribution in [0.3, 0.4) is 0 Å². The molecule has 0 spiro atoms. The quantitative estimate of drug-likeness (QED) is 0.592. The summed E-state index contributed by atoms with van der Waals surface area (Å²) in [6, 6.07) is 10.7. The number of benzene rings is 1. The van der Waals surface area contributed by atoms with E-state index in [9.17, 15) is 0 Å². The molecule has 1 aromatic carbocycles. The van der Waals surface area contributed by atoms with E-state index in [0.29, 0.717) is 11.8 Å². The lowest BCUT2D eigenvalue weighted by molar-refractivity contribution is 0.217. The SMILES string of the molecule is C=C(C)[C@@H]1CC=C2c3sc(Cc4ccccc4)nc3C[C@@H](C)[C@]2(C)C1. The largest absolute Gasteiger partial charge is 0.245 e. The maximum atomic E-state index is 5.03. The molecule has 0 aliphatic heterocycles. The normalized spacial score (nSPS) is 28.0. The Morgan fingerprint density at radius 3 is 2.80 bits per heavy atom. The first-order valence-electron chi connectivity index (χ1n) is 9.36. The molecular weight excluding hydrogens is 322 g/mol. The van der Waals surface area contributed by atoms with Crippen LogP contribution < -0.4 is 0 Å². The van der Waals surface area contributed by atoms with Gasteiger partial charge in [-0.05, 0) is 54.6 Å². The summed E-state index contributed by atoms with van der Waals surface area (Å²) in [5.74, 6) is 1.27. The summed E-state index contributed by atoms with van der Waals surface area (Å²) in [6.45, 7) is 11.3. The number of thiazole rings is 1. The molecular formula is C23H27NS. The molecule has 130 valence electrons. The third-order valence-corrected chi connectivity index (χ3v) is 7.49. The maximum Gasteiger partial charge on any atom is 0.0978 e. The van der Waals surface area contributed by atoms with Crippen LogP contribution in [0.15, 0.2) is 48.6 Å². The second kappa shape index (κ2) is 6.25. The number of hydrogen-bond donors (Lipinski definition) is 0. The summed E-state index contributed by atoms with van der Waals surface area (Å²) in [7, 11) is 0. The summed E-state index contributed by atoms with van der Waals surface area (Å²) in [5.41, 5.74) is 5.86. The summed E-state index contributed by atoms with van der Waals surface area (Å²) in [5, 5.41) is 1.26. The summed E-state index contributed by atoms with van der Waals surface area (Å²) >= 11 is 1.92. The van der Waals surface area contributed by atoms with Gasteiger partial charge in [-0.1, -0.05) is 62.4 Å². The van der Waals surface area contributed by atoms with Crippen LogP contribution in [0.2, 0.25) is 0 Å². The molecule has 0 amide bonds. The molecule has 4 rings (SSSR count). The van der Waals surface area contributed by atoms with Crippen LogP contribution in [-0.4, -0.2) is 4.98 Å². The van der Waals surface area contributed by atoms with E-state index in [0.717, 1.165) is 19.3 Å². The van der Waals surface area contributed by atoms with Gasteiger partial charge in [-0.15, -0.1) is 11.3 Å². The van der Waals surface area contributed by atoms with Crippen LogP contribution in [0.25, 0.3) is 5.57 Å². The number of nitrogens with zero attached hydrogens (tertiary/aromatic N) is 1. The van der Waals surface area contributed by atoms with Crippen molar-refractivity contribution >= 4 is 16.9 Å².